The van der Waals surface area contributed by atoms with E-state index in [1.165, 1.54) is 18.6 Å². The second-order valence-electron chi connectivity index (χ2n) is 6.63. The Morgan fingerprint density at radius 3 is 2.69 bits per heavy atom. The molecule has 0 aliphatic rings. The lowest BCUT2D eigenvalue weighted by atomic mass is 10.0. The summed E-state index contributed by atoms with van der Waals surface area (Å²) in [6.07, 6.45) is 7.94. The van der Waals surface area contributed by atoms with Gasteiger partial charge in [0.2, 0.25) is 0 Å². The molecule has 0 aliphatic heterocycles. The van der Waals surface area contributed by atoms with Crippen LogP contribution in [0.1, 0.15) is 18.5 Å². The number of rotatable bonds is 3. The SMILES string of the molecule is CC(c1c(F)cc2ncccc2c1F)n1cnc2ncc(-c3cccnc3)nc21. The van der Waals surface area contributed by atoms with Gasteiger partial charge in [0.1, 0.15) is 11.6 Å². The summed E-state index contributed by atoms with van der Waals surface area (Å²) in [5.74, 6) is -1.31. The van der Waals surface area contributed by atoms with Gasteiger partial charge in [-0.15, -0.1) is 0 Å². The number of pyridine rings is 2. The van der Waals surface area contributed by atoms with Crippen LogP contribution in [0.3, 0.4) is 0 Å². The standard InChI is InChI=1S/C21H14F2N6/c1-12(18-15(22)8-16-14(19(18)23)5-3-7-25-16)29-11-27-20-21(29)28-17(10-26-20)13-4-2-6-24-9-13/h2-12H,1H3. The summed E-state index contributed by atoms with van der Waals surface area (Å²) < 4.78 is 31.6. The molecule has 0 spiro atoms. The molecule has 6 nitrogen and oxygen atoms in total. The molecule has 29 heavy (non-hydrogen) atoms. The maximum absolute atomic E-state index is 15.2. The lowest BCUT2D eigenvalue weighted by Crippen LogP contribution is -2.11. The number of hydrogen-bond donors (Lipinski definition) is 0. The van der Waals surface area contributed by atoms with Gasteiger partial charge in [0.05, 0.1) is 29.8 Å². The van der Waals surface area contributed by atoms with Crippen molar-refractivity contribution in [2.24, 2.45) is 0 Å². The van der Waals surface area contributed by atoms with E-state index in [4.69, 9.17) is 0 Å². The van der Waals surface area contributed by atoms with Gasteiger partial charge in [0.15, 0.2) is 11.3 Å². The smallest absolute Gasteiger partial charge is 0.197 e. The van der Waals surface area contributed by atoms with Crippen molar-refractivity contribution in [3.63, 3.8) is 0 Å². The number of imidazole rings is 1. The number of hydrogen-bond acceptors (Lipinski definition) is 5. The fourth-order valence-corrected chi connectivity index (χ4v) is 3.43. The molecule has 0 saturated heterocycles. The highest BCUT2D eigenvalue weighted by atomic mass is 19.1. The summed E-state index contributed by atoms with van der Waals surface area (Å²) in [7, 11) is 0. The van der Waals surface area contributed by atoms with E-state index in [2.05, 4.69) is 24.9 Å². The predicted octanol–water partition coefficient (Wildman–Crippen LogP) is 4.32. The Balaban J connectivity index is 1.67. The van der Waals surface area contributed by atoms with Crippen LogP contribution in [0.4, 0.5) is 8.78 Å². The van der Waals surface area contributed by atoms with Gasteiger partial charge in [-0.2, -0.15) is 0 Å². The normalized spacial score (nSPS) is 12.5. The van der Waals surface area contributed by atoms with Crippen LogP contribution in [0.15, 0.2) is 61.4 Å². The zero-order valence-electron chi connectivity index (χ0n) is 15.3. The predicted molar refractivity (Wildman–Crippen MR) is 104 cm³/mol. The largest absolute Gasteiger partial charge is 0.306 e. The van der Waals surface area contributed by atoms with Gasteiger partial charge in [0, 0.05) is 41.2 Å². The maximum atomic E-state index is 15.2. The molecule has 5 rings (SSSR count). The Morgan fingerprint density at radius 1 is 1.00 bits per heavy atom. The van der Waals surface area contributed by atoms with Gasteiger partial charge in [-0.05, 0) is 31.2 Å². The Bertz CT molecular complexity index is 1350. The molecule has 5 aromatic rings. The number of halogens is 2. The van der Waals surface area contributed by atoms with Crippen molar-refractivity contribution in [1.82, 2.24) is 29.5 Å². The number of benzene rings is 1. The molecule has 0 amide bonds. The second kappa shape index (κ2) is 6.66. The van der Waals surface area contributed by atoms with Crippen LogP contribution in [0, 0.1) is 11.6 Å². The van der Waals surface area contributed by atoms with E-state index in [0.717, 1.165) is 5.56 Å². The van der Waals surface area contributed by atoms with Crippen LogP contribution in [0.25, 0.3) is 33.5 Å². The Kier molecular flexibility index (Phi) is 3.97. The molecule has 4 heterocycles. The monoisotopic (exact) mass is 388 g/mol. The van der Waals surface area contributed by atoms with Crippen molar-refractivity contribution in [2.75, 3.05) is 0 Å². The average molecular weight is 388 g/mol. The Hall–Kier alpha value is -3.81. The van der Waals surface area contributed by atoms with Crippen molar-refractivity contribution in [3.05, 3.63) is 78.6 Å². The van der Waals surface area contributed by atoms with E-state index in [-0.39, 0.29) is 16.5 Å². The summed E-state index contributed by atoms with van der Waals surface area (Å²) in [6.45, 7) is 1.70. The Morgan fingerprint density at radius 2 is 1.86 bits per heavy atom. The van der Waals surface area contributed by atoms with E-state index >= 15 is 4.39 Å². The van der Waals surface area contributed by atoms with E-state index in [1.54, 1.807) is 48.3 Å². The summed E-state index contributed by atoms with van der Waals surface area (Å²) in [4.78, 5) is 21.3. The van der Waals surface area contributed by atoms with Crippen molar-refractivity contribution in [3.8, 4) is 11.3 Å². The fraction of sp³-hybridized carbons (Fsp3) is 0.0952. The molecule has 4 aromatic heterocycles. The summed E-state index contributed by atoms with van der Waals surface area (Å²) in [6, 6.07) is 7.42. The van der Waals surface area contributed by atoms with Gasteiger partial charge >= 0.3 is 0 Å². The number of nitrogens with zero attached hydrogens (tertiary/aromatic N) is 6. The molecule has 1 unspecified atom stereocenters. The van der Waals surface area contributed by atoms with Crippen molar-refractivity contribution in [2.45, 2.75) is 13.0 Å². The Labute approximate surface area is 163 Å². The minimum absolute atomic E-state index is 0.0709. The first-order valence-electron chi connectivity index (χ1n) is 8.96. The third kappa shape index (κ3) is 2.80. The zero-order valence-corrected chi connectivity index (χ0v) is 15.3. The summed E-state index contributed by atoms with van der Waals surface area (Å²) >= 11 is 0. The zero-order chi connectivity index (χ0) is 20.0. The fourth-order valence-electron chi connectivity index (χ4n) is 3.43. The first kappa shape index (κ1) is 17.3. The third-order valence-corrected chi connectivity index (χ3v) is 4.91. The maximum Gasteiger partial charge on any atom is 0.197 e. The van der Waals surface area contributed by atoms with E-state index in [9.17, 15) is 4.39 Å². The number of fused-ring (bicyclic) bond motifs is 2. The molecule has 0 fully saturated rings. The molecule has 8 heteroatoms. The highest BCUT2D eigenvalue weighted by Crippen LogP contribution is 2.31. The highest BCUT2D eigenvalue weighted by Gasteiger charge is 2.23. The molecule has 0 aliphatic carbocycles. The first-order valence-corrected chi connectivity index (χ1v) is 8.96. The van der Waals surface area contributed by atoms with Gasteiger partial charge in [-0.3, -0.25) is 9.97 Å². The molecule has 0 N–H and O–H groups in total. The topological polar surface area (TPSA) is 69.4 Å². The van der Waals surface area contributed by atoms with Gasteiger partial charge < -0.3 is 4.57 Å². The van der Waals surface area contributed by atoms with Crippen LogP contribution < -0.4 is 0 Å². The highest BCUT2D eigenvalue weighted by molar-refractivity contribution is 5.80. The third-order valence-electron chi connectivity index (χ3n) is 4.91. The minimum Gasteiger partial charge on any atom is -0.306 e. The van der Waals surface area contributed by atoms with Crippen LogP contribution in [-0.4, -0.2) is 29.5 Å². The molecule has 142 valence electrons. The average Bonchev–Trinajstić information content (AvgIpc) is 3.17. The van der Waals surface area contributed by atoms with Gasteiger partial charge in [0.25, 0.3) is 0 Å². The van der Waals surface area contributed by atoms with Crippen LogP contribution in [0.5, 0.6) is 0 Å². The minimum atomic E-state index is -0.692. The summed E-state index contributed by atoms with van der Waals surface area (Å²) in [5.41, 5.74) is 2.42. The van der Waals surface area contributed by atoms with Crippen molar-refractivity contribution >= 4 is 22.2 Å². The number of aromatic nitrogens is 6. The molecule has 0 bridgehead atoms. The molecule has 1 aromatic carbocycles. The molecule has 0 radical (unpaired) electrons. The van der Waals surface area contributed by atoms with Gasteiger partial charge in [-0.1, -0.05) is 0 Å². The van der Waals surface area contributed by atoms with Crippen LogP contribution >= 0.6 is 0 Å². The van der Waals surface area contributed by atoms with E-state index < -0.39 is 17.7 Å². The lowest BCUT2D eigenvalue weighted by Gasteiger charge is -2.17. The lowest BCUT2D eigenvalue weighted by molar-refractivity contribution is 0.517. The van der Waals surface area contributed by atoms with E-state index in [1.807, 2.05) is 6.07 Å². The van der Waals surface area contributed by atoms with Gasteiger partial charge in [-0.25, -0.2) is 23.7 Å². The first-order chi connectivity index (χ1) is 14.1. The molecular weight excluding hydrogens is 374 g/mol. The molecule has 1 atom stereocenters. The van der Waals surface area contributed by atoms with Crippen molar-refractivity contribution in [1.29, 1.82) is 0 Å². The molecule has 0 saturated carbocycles. The van der Waals surface area contributed by atoms with Crippen LogP contribution in [-0.2, 0) is 0 Å². The quantitative estimate of drug-likeness (QED) is 0.460. The van der Waals surface area contributed by atoms with Crippen molar-refractivity contribution < 1.29 is 8.78 Å². The summed E-state index contributed by atoms with van der Waals surface area (Å²) in [5, 5.41) is 0.266. The van der Waals surface area contributed by atoms with Crippen LogP contribution in [0.2, 0.25) is 0 Å². The second-order valence-corrected chi connectivity index (χ2v) is 6.63. The molecular formula is C21H14F2N6. The van der Waals surface area contributed by atoms with E-state index in [0.29, 0.717) is 17.0 Å².